The maximum Gasteiger partial charge on any atom is 0.312 e. The largest absolute Gasteiger partial charge is 0.481 e. The van der Waals surface area contributed by atoms with Crippen molar-refractivity contribution >= 4 is 23.3 Å². The van der Waals surface area contributed by atoms with Gasteiger partial charge in [0.1, 0.15) is 0 Å². The Hall–Kier alpha value is -1.30. The predicted octanol–water partition coefficient (Wildman–Crippen LogP) is 2.22. The minimum atomic E-state index is -0.628. The molecule has 0 saturated carbocycles. The van der Waals surface area contributed by atoms with Gasteiger partial charge in [0.2, 0.25) is 0 Å². The number of likely N-dealkylation sites (tertiary alicyclic amines) is 1. The Balaban J connectivity index is 1.39. The third-order valence-corrected chi connectivity index (χ3v) is 6.89. The van der Waals surface area contributed by atoms with E-state index in [1.807, 2.05) is 6.92 Å². The van der Waals surface area contributed by atoms with Gasteiger partial charge >= 0.3 is 5.97 Å². The van der Waals surface area contributed by atoms with E-state index in [-0.39, 0.29) is 5.92 Å². The predicted molar refractivity (Wildman–Crippen MR) is 99.4 cm³/mol. The lowest BCUT2D eigenvalue weighted by atomic mass is 9.81. The summed E-state index contributed by atoms with van der Waals surface area (Å²) in [6.07, 6.45) is 2.17. The molecule has 6 heteroatoms. The van der Waals surface area contributed by atoms with E-state index in [1.165, 1.54) is 5.69 Å². The number of halogens is 1. The number of fused-ring (bicyclic) bond motifs is 1. The molecule has 3 fully saturated rings. The number of carboxylic acid groups (broad SMARTS) is 1. The first-order chi connectivity index (χ1) is 12.0. The third-order valence-electron chi connectivity index (χ3n) is 6.48. The van der Waals surface area contributed by atoms with Crippen LogP contribution in [0.2, 0.25) is 5.02 Å². The lowest BCUT2D eigenvalue weighted by Gasteiger charge is -2.38. The number of nitrogens with zero attached hydrogens (tertiary/aromatic N) is 2. The van der Waals surface area contributed by atoms with Crippen molar-refractivity contribution in [3.8, 4) is 0 Å². The molecule has 5 nitrogen and oxygen atoms in total. The summed E-state index contributed by atoms with van der Waals surface area (Å²) >= 11 is 6.27. The van der Waals surface area contributed by atoms with Crippen molar-refractivity contribution in [3.63, 3.8) is 0 Å². The zero-order chi connectivity index (χ0) is 17.6. The van der Waals surface area contributed by atoms with Gasteiger partial charge in [-0.15, -0.1) is 0 Å². The number of carboxylic acids is 1. The fourth-order valence-corrected chi connectivity index (χ4v) is 4.98. The molecule has 0 aliphatic carbocycles. The summed E-state index contributed by atoms with van der Waals surface area (Å²) in [7, 11) is 0. The van der Waals surface area contributed by atoms with E-state index in [4.69, 9.17) is 11.6 Å². The maximum absolute atomic E-state index is 11.8. The molecule has 3 aliphatic heterocycles. The zero-order valence-electron chi connectivity index (χ0n) is 14.7. The van der Waals surface area contributed by atoms with Crippen LogP contribution in [0, 0.1) is 18.3 Å². The average molecular weight is 364 g/mol. The Kier molecular flexibility index (Phi) is 4.42. The van der Waals surface area contributed by atoms with Gasteiger partial charge < -0.3 is 15.3 Å². The molecule has 0 amide bonds. The summed E-state index contributed by atoms with van der Waals surface area (Å²) in [6.45, 7) is 7.10. The molecule has 3 heterocycles. The van der Waals surface area contributed by atoms with Gasteiger partial charge in [-0.3, -0.25) is 9.69 Å². The standard InChI is InChI=1S/C19H26ClN3O2/c1-13-2-3-16(8-17(13)20)22-6-4-15(5-7-22)23-10-14-9-21-11-19(14,12-23)18(24)25/h2-3,8,14-15,21H,4-7,9-12H2,1H3,(H,24,25)/t14-,19-/m0/s1. The van der Waals surface area contributed by atoms with Gasteiger partial charge in [0.25, 0.3) is 0 Å². The number of nitrogens with one attached hydrogen (secondary N) is 1. The van der Waals surface area contributed by atoms with Crippen LogP contribution in [0.25, 0.3) is 0 Å². The highest BCUT2D eigenvalue weighted by molar-refractivity contribution is 6.31. The summed E-state index contributed by atoms with van der Waals surface area (Å²) in [4.78, 5) is 16.7. The summed E-state index contributed by atoms with van der Waals surface area (Å²) in [5.74, 6) is -0.379. The quantitative estimate of drug-likeness (QED) is 0.862. The van der Waals surface area contributed by atoms with Crippen LogP contribution in [0.1, 0.15) is 18.4 Å². The maximum atomic E-state index is 11.8. The van der Waals surface area contributed by atoms with Gasteiger partial charge in [0, 0.05) is 61.9 Å². The average Bonchev–Trinajstić information content (AvgIpc) is 3.16. The highest BCUT2D eigenvalue weighted by Crippen LogP contribution is 2.41. The second-order valence-electron chi connectivity index (χ2n) is 7.87. The molecule has 3 aliphatic rings. The Bertz CT molecular complexity index is 675. The van der Waals surface area contributed by atoms with E-state index in [0.29, 0.717) is 19.1 Å². The molecule has 0 spiro atoms. The fraction of sp³-hybridized carbons (Fsp3) is 0.632. The summed E-state index contributed by atoms with van der Waals surface area (Å²) in [5.41, 5.74) is 1.73. The van der Waals surface area contributed by atoms with E-state index in [9.17, 15) is 9.90 Å². The van der Waals surface area contributed by atoms with Crippen LogP contribution in [-0.4, -0.2) is 61.3 Å². The normalized spacial score (nSPS) is 30.6. The van der Waals surface area contributed by atoms with Crippen molar-refractivity contribution in [2.75, 3.05) is 44.2 Å². The first kappa shape index (κ1) is 17.1. The summed E-state index contributed by atoms with van der Waals surface area (Å²) < 4.78 is 0. The monoisotopic (exact) mass is 363 g/mol. The Morgan fingerprint density at radius 3 is 2.76 bits per heavy atom. The molecule has 0 bridgehead atoms. The van der Waals surface area contributed by atoms with Gasteiger partial charge in [-0.2, -0.15) is 0 Å². The topological polar surface area (TPSA) is 55.8 Å². The van der Waals surface area contributed by atoms with Crippen LogP contribution in [0.15, 0.2) is 18.2 Å². The molecule has 1 aromatic carbocycles. The molecule has 25 heavy (non-hydrogen) atoms. The van der Waals surface area contributed by atoms with Gasteiger partial charge in [-0.05, 0) is 37.5 Å². The molecule has 3 saturated heterocycles. The number of aryl methyl sites for hydroxylation is 1. The third kappa shape index (κ3) is 2.92. The number of aliphatic carboxylic acids is 1. The van der Waals surface area contributed by atoms with Crippen LogP contribution < -0.4 is 10.2 Å². The Morgan fingerprint density at radius 2 is 2.12 bits per heavy atom. The fourth-order valence-electron chi connectivity index (χ4n) is 4.81. The van der Waals surface area contributed by atoms with Gasteiger partial charge in [0.05, 0.1) is 5.41 Å². The van der Waals surface area contributed by atoms with Gasteiger partial charge in [-0.25, -0.2) is 0 Å². The molecule has 1 aromatic rings. The van der Waals surface area contributed by atoms with E-state index in [2.05, 4.69) is 33.3 Å². The van der Waals surface area contributed by atoms with Crippen LogP contribution in [0.3, 0.4) is 0 Å². The van der Waals surface area contributed by atoms with Crippen molar-refractivity contribution in [2.45, 2.75) is 25.8 Å². The Labute approximate surface area is 153 Å². The molecule has 4 rings (SSSR count). The first-order valence-corrected chi connectivity index (χ1v) is 9.57. The van der Waals surface area contributed by atoms with E-state index < -0.39 is 11.4 Å². The highest BCUT2D eigenvalue weighted by atomic mass is 35.5. The lowest BCUT2D eigenvalue weighted by Crippen LogP contribution is -2.46. The molecule has 2 atom stereocenters. The molecule has 0 aromatic heterocycles. The molecule has 136 valence electrons. The van der Waals surface area contributed by atoms with Crippen molar-refractivity contribution in [3.05, 3.63) is 28.8 Å². The number of benzene rings is 1. The number of hydrogen-bond acceptors (Lipinski definition) is 4. The molecular formula is C19H26ClN3O2. The van der Waals surface area contributed by atoms with Crippen molar-refractivity contribution < 1.29 is 9.90 Å². The van der Waals surface area contributed by atoms with Crippen molar-refractivity contribution in [1.29, 1.82) is 0 Å². The molecule has 0 radical (unpaired) electrons. The highest BCUT2D eigenvalue weighted by Gasteiger charge is 2.56. The lowest BCUT2D eigenvalue weighted by molar-refractivity contribution is -0.148. The van der Waals surface area contributed by atoms with E-state index >= 15 is 0 Å². The number of carbonyl (C=O) groups is 1. The van der Waals surface area contributed by atoms with Crippen LogP contribution >= 0.6 is 11.6 Å². The smallest absolute Gasteiger partial charge is 0.312 e. The second-order valence-corrected chi connectivity index (χ2v) is 8.28. The number of hydrogen-bond donors (Lipinski definition) is 2. The van der Waals surface area contributed by atoms with Crippen molar-refractivity contribution in [1.82, 2.24) is 10.2 Å². The SMILES string of the molecule is Cc1ccc(N2CCC(N3C[C@@H]4CNC[C@]4(C(=O)O)C3)CC2)cc1Cl. The van der Waals surface area contributed by atoms with Gasteiger partial charge in [-0.1, -0.05) is 17.7 Å². The summed E-state index contributed by atoms with van der Waals surface area (Å²) in [5, 5.41) is 13.8. The number of piperidine rings is 1. The molecule has 0 unspecified atom stereocenters. The number of rotatable bonds is 3. The Morgan fingerprint density at radius 1 is 1.36 bits per heavy atom. The minimum absolute atomic E-state index is 0.249. The molecule has 2 N–H and O–H groups in total. The zero-order valence-corrected chi connectivity index (χ0v) is 15.4. The minimum Gasteiger partial charge on any atom is -0.481 e. The van der Waals surface area contributed by atoms with Crippen molar-refractivity contribution in [2.24, 2.45) is 11.3 Å². The number of anilines is 1. The van der Waals surface area contributed by atoms with Gasteiger partial charge in [0.15, 0.2) is 0 Å². The van der Waals surface area contributed by atoms with Crippen LogP contribution in [-0.2, 0) is 4.79 Å². The van der Waals surface area contributed by atoms with E-state index in [1.54, 1.807) is 0 Å². The second kappa shape index (κ2) is 6.45. The first-order valence-electron chi connectivity index (χ1n) is 9.19. The summed E-state index contributed by atoms with van der Waals surface area (Å²) in [6, 6.07) is 6.78. The van der Waals surface area contributed by atoms with Crippen LogP contribution in [0.4, 0.5) is 5.69 Å². The van der Waals surface area contributed by atoms with E-state index in [0.717, 1.165) is 49.6 Å². The van der Waals surface area contributed by atoms with Crippen LogP contribution in [0.5, 0.6) is 0 Å². The molecular weight excluding hydrogens is 338 g/mol.